The minimum atomic E-state index is -0.945. The fraction of sp³-hybridized carbons (Fsp3) is 0.889. The molecule has 0 aromatic carbocycles. The van der Waals surface area contributed by atoms with E-state index in [2.05, 4.69) is 44.6 Å². The van der Waals surface area contributed by atoms with Crippen LogP contribution in [0.25, 0.3) is 0 Å². The van der Waals surface area contributed by atoms with E-state index >= 15 is 0 Å². The van der Waals surface area contributed by atoms with E-state index in [-0.39, 0.29) is 0 Å². The molecule has 7 heteroatoms. The van der Waals surface area contributed by atoms with Crippen molar-refractivity contribution in [2.24, 2.45) is 0 Å². The van der Waals surface area contributed by atoms with Crippen LogP contribution in [0.15, 0.2) is 0 Å². The molecule has 0 aliphatic heterocycles. The first-order valence-electron chi connectivity index (χ1n) is 9.66. The van der Waals surface area contributed by atoms with Crippen molar-refractivity contribution in [3.8, 4) is 10.8 Å². The standard InChI is InChI=1S/2C9H18NS.S.2Sn/c2*1-3-5-7-11(9-10)8-6-4-2;;;/h2*3-8H2,1-2H3;;;/q2*+1;;2*-1. The third-order valence-corrected chi connectivity index (χ3v) is 69.9. The van der Waals surface area contributed by atoms with Crippen molar-refractivity contribution in [3.05, 3.63) is 0 Å². The first-order valence-corrected chi connectivity index (χ1v) is 28.4. The maximum absolute atomic E-state index is 9.98. The zero-order valence-corrected chi connectivity index (χ0v) is 24.8. The topological polar surface area (TPSA) is 47.6 Å². The summed E-state index contributed by atoms with van der Waals surface area (Å²) in [5, 5.41) is 25.7. The summed E-state index contributed by atoms with van der Waals surface area (Å²) in [7, 11) is -1.89. The van der Waals surface area contributed by atoms with Gasteiger partial charge in [-0.3, -0.25) is 0 Å². The van der Waals surface area contributed by atoms with Gasteiger partial charge in [-0.25, -0.2) is 0 Å². The predicted octanol–water partition coefficient (Wildman–Crippen LogP) is 6.56. The number of hydrogen-bond acceptors (Lipinski definition) is 3. The average Bonchev–Trinajstić information content (AvgIpc) is 2.65. The third-order valence-electron chi connectivity index (χ3n) is 4.14. The van der Waals surface area contributed by atoms with Gasteiger partial charge in [0.25, 0.3) is 0 Å². The summed E-state index contributed by atoms with van der Waals surface area (Å²) in [6.07, 6.45) is 12.1. The molecular weight excluding hydrogens is 578 g/mol. The molecule has 0 unspecified atom stereocenters. The minimum absolute atomic E-state index is 0.698. The Morgan fingerprint density at radius 2 is 0.920 bits per heavy atom. The van der Waals surface area contributed by atoms with Gasteiger partial charge in [-0.05, 0) is 0 Å². The van der Waals surface area contributed by atoms with E-state index in [0.29, 0.717) is 0 Å². The van der Waals surface area contributed by atoms with E-state index in [0.717, 1.165) is 0 Å². The molecular formula is C18H36N2S3Sn2. The second kappa shape index (κ2) is 16.6. The molecule has 0 heterocycles. The van der Waals surface area contributed by atoms with Gasteiger partial charge >= 0.3 is 181 Å². The van der Waals surface area contributed by atoms with E-state index in [9.17, 15) is 10.5 Å². The van der Waals surface area contributed by atoms with Gasteiger partial charge < -0.3 is 0 Å². The van der Waals surface area contributed by atoms with Crippen molar-refractivity contribution in [1.82, 2.24) is 0 Å². The summed E-state index contributed by atoms with van der Waals surface area (Å²) in [5.41, 5.74) is 0. The van der Waals surface area contributed by atoms with Crippen LogP contribution in [0.4, 0.5) is 0 Å². The van der Waals surface area contributed by atoms with Crippen LogP contribution in [-0.4, -0.2) is 59.8 Å². The van der Waals surface area contributed by atoms with E-state index in [1.165, 1.54) is 74.4 Å². The Morgan fingerprint density at radius 1 is 0.640 bits per heavy atom. The number of unbranched alkanes of at least 4 members (excludes halogenated alkanes) is 4. The summed E-state index contributed by atoms with van der Waals surface area (Å²) in [4.78, 5) is 0. The maximum atomic E-state index is 9.98. The fourth-order valence-corrected chi connectivity index (χ4v) is 108. The molecule has 0 aromatic rings. The first-order chi connectivity index (χ1) is 12.1. The van der Waals surface area contributed by atoms with Gasteiger partial charge in [0, 0.05) is 0 Å². The summed E-state index contributed by atoms with van der Waals surface area (Å²) in [6, 6.07) is 0. The third kappa shape index (κ3) is 11.3. The van der Waals surface area contributed by atoms with Gasteiger partial charge in [-0.1, -0.05) is 0 Å². The number of hydrogen-bond donors (Lipinski definition) is 0. The molecule has 144 valence electrons. The molecule has 0 saturated heterocycles. The molecule has 0 bridgehead atoms. The fourth-order valence-electron chi connectivity index (χ4n) is 2.33. The number of rotatable bonds is 16. The Kier molecular flexibility index (Phi) is 17.6. The van der Waals surface area contributed by atoms with Crippen LogP contribution in [0.3, 0.4) is 0 Å². The Balaban J connectivity index is 4.90. The molecule has 0 N–H and O–H groups in total. The van der Waals surface area contributed by atoms with E-state index in [4.69, 9.17) is 0 Å². The Labute approximate surface area is 178 Å². The van der Waals surface area contributed by atoms with Gasteiger partial charge in [0.2, 0.25) is 0 Å². The van der Waals surface area contributed by atoms with E-state index in [1.54, 1.807) is 0 Å². The summed E-state index contributed by atoms with van der Waals surface area (Å²) >= 11 is -1.40. The molecule has 0 rings (SSSR count). The van der Waals surface area contributed by atoms with Gasteiger partial charge in [-0.15, -0.1) is 0 Å². The van der Waals surface area contributed by atoms with Gasteiger partial charge in [-0.2, -0.15) is 0 Å². The second-order valence-electron chi connectivity index (χ2n) is 6.45. The summed E-state index contributed by atoms with van der Waals surface area (Å²) in [5.74, 6) is 4.82. The molecule has 25 heavy (non-hydrogen) atoms. The molecule has 0 aromatic heterocycles. The zero-order valence-electron chi connectivity index (χ0n) is 16.6. The monoisotopic (exact) mass is 616 g/mol. The van der Waals surface area contributed by atoms with Crippen LogP contribution < -0.4 is 0 Å². The molecule has 0 aliphatic rings. The van der Waals surface area contributed by atoms with E-state index in [1.807, 2.05) is 0 Å². The molecule has 0 amide bonds. The van der Waals surface area contributed by atoms with Crippen LogP contribution in [0.5, 0.6) is 0 Å². The van der Waals surface area contributed by atoms with Crippen molar-refractivity contribution in [2.45, 2.75) is 79.1 Å². The normalized spacial score (nSPS) is 13.2. The van der Waals surface area contributed by atoms with Gasteiger partial charge in [0.1, 0.15) is 0 Å². The van der Waals surface area contributed by atoms with Crippen LogP contribution in [0.1, 0.15) is 79.1 Å². The van der Waals surface area contributed by atoms with Gasteiger partial charge in [0.15, 0.2) is 0 Å². The Bertz CT molecular complexity index is 368. The molecule has 2 nitrogen and oxygen atoms in total. The Morgan fingerprint density at radius 3 is 1.12 bits per heavy atom. The zero-order chi connectivity index (χ0) is 19.0. The van der Waals surface area contributed by atoms with Crippen LogP contribution >= 0.6 is 20.6 Å². The molecule has 0 spiro atoms. The SMILES string of the molecule is CCCC[S](C#N)(CCCC)[Sn][S][Sn][S](C#N)(CCCC)CCCC. The van der Waals surface area contributed by atoms with E-state index < -0.39 is 51.2 Å². The molecule has 0 fully saturated rings. The molecule has 0 saturated carbocycles. The summed E-state index contributed by atoms with van der Waals surface area (Å²) < 4.78 is 0. The molecule has 0 aliphatic carbocycles. The number of nitrogens with zero attached hydrogens (tertiary/aromatic N) is 2. The van der Waals surface area contributed by atoms with Crippen molar-refractivity contribution >= 4 is 57.3 Å². The predicted molar refractivity (Wildman–Crippen MR) is 125 cm³/mol. The van der Waals surface area contributed by atoms with Crippen molar-refractivity contribution in [2.75, 3.05) is 23.0 Å². The number of nitriles is 2. The quantitative estimate of drug-likeness (QED) is 0.146. The second-order valence-corrected chi connectivity index (χ2v) is 48.9. The van der Waals surface area contributed by atoms with Crippen molar-refractivity contribution in [3.63, 3.8) is 0 Å². The Hall–Kier alpha value is 1.63. The average molecular weight is 614 g/mol. The number of thiocyanates is 2. The van der Waals surface area contributed by atoms with Crippen molar-refractivity contribution in [1.29, 1.82) is 10.5 Å². The molecule has 0 atom stereocenters. The van der Waals surface area contributed by atoms with Crippen LogP contribution in [0, 0.1) is 21.3 Å². The first kappa shape index (κ1) is 26.6. The van der Waals surface area contributed by atoms with Crippen molar-refractivity contribution < 1.29 is 0 Å². The molecule has 4 radical (unpaired) electrons. The van der Waals surface area contributed by atoms with Crippen LogP contribution in [-0.2, 0) is 0 Å². The summed E-state index contributed by atoms with van der Waals surface area (Å²) in [6.45, 7) is 8.99. The van der Waals surface area contributed by atoms with Gasteiger partial charge in [0.05, 0.1) is 0 Å². The van der Waals surface area contributed by atoms with Crippen LogP contribution in [0.2, 0.25) is 0 Å².